The van der Waals surface area contributed by atoms with Gasteiger partial charge in [0.1, 0.15) is 90.1 Å². The maximum Gasteiger partial charge on any atom is 0.305 e. The van der Waals surface area contributed by atoms with E-state index in [1.54, 1.807) is 113 Å². The Labute approximate surface area is 734 Å². The number of benzene rings is 4. The molecule has 0 unspecified atom stereocenters. The van der Waals surface area contributed by atoms with E-state index in [2.05, 4.69) is 63.8 Å². The standard InChI is InChI=1S/C88H128N16O20S/c1-45(2)35-62(79(115)92-61(33-34-89)78(114)95-63(36-46(3)4)82(118)101-72(48(7)8)86(122)103-74(54(15)106)87(123)99-68(75(91)111)44-125-43-52(13)105)94-77(113)53(14)104(16)88(124)73(49(9)10)102-84(120)65(39-55-25-29-59(30-26-55)58-23-18-17-19-24-58)98-85(121)71(47(5)6)100-83(119)66(41-57-22-20-21-50(11)37-57)96-81(117)67(42-70(109)110)97-80(116)64(40-56-27-31-60(107)32-28-56)93-76(112)51(12)38-69(90)108/h17-32,37,45-49,51,53-54,61-68,71-74,106-107H,33-36,38-44,89H2,1-16H3,(H2,90,108)(H2,91,111)(H,92,115)(H,93,112)(H,94,113)(H,95,114)(H,96,117)(H,97,116)(H,98,121)(H,99,123)(H,100,119)(H,101,118)(H,102,120)(H,103,122)(H,109,110)/t51-,53-,54+,61-,62+,63-,64-,65-,66-,67-,68-,71-,72-,73-,74-/m0/s1. The number of aromatic hydroxyl groups is 1. The number of phenolic OH excluding ortho intramolecular Hbond substituents is 1. The highest BCUT2D eigenvalue weighted by Crippen LogP contribution is 2.23. The van der Waals surface area contributed by atoms with Crippen LogP contribution in [0, 0.1) is 42.4 Å². The van der Waals surface area contributed by atoms with E-state index in [0.717, 1.165) is 33.4 Å². The second-order valence-electron chi connectivity index (χ2n) is 33.5. The van der Waals surface area contributed by atoms with E-state index in [0.29, 0.717) is 16.7 Å². The molecule has 0 heterocycles. The van der Waals surface area contributed by atoms with Gasteiger partial charge in [0, 0.05) is 44.4 Å². The molecule has 125 heavy (non-hydrogen) atoms. The number of aliphatic hydroxyl groups excluding tert-OH is 1. The minimum absolute atomic E-state index is 0.00286. The summed E-state index contributed by atoms with van der Waals surface area (Å²) in [7, 11) is 1.30. The number of carboxylic acids is 1. The Morgan fingerprint density at radius 3 is 1.28 bits per heavy atom. The Kier molecular flexibility index (Phi) is 43.4. The first-order chi connectivity index (χ1) is 58.6. The van der Waals surface area contributed by atoms with Crippen molar-refractivity contribution in [1.82, 2.24) is 68.7 Å². The smallest absolute Gasteiger partial charge is 0.305 e. The van der Waals surface area contributed by atoms with E-state index >= 15 is 9.59 Å². The lowest BCUT2D eigenvalue weighted by molar-refractivity contribution is -0.143. The minimum atomic E-state index is -1.91. The van der Waals surface area contributed by atoms with Gasteiger partial charge in [-0.2, -0.15) is 11.8 Å². The van der Waals surface area contributed by atoms with Crippen LogP contribution < -0.4 is 81.0 Å². The lowest BCUT2D eigenvalue weighted by atomic mass is 9.97. The highest BCUT2D eigenvalue weighted by atomic mass is 32.2. The average molecular weight is 1760 g/mol. The minimum Gasteiger partial charge on any atom is -0.508 e. The molecule has 15 atom stereocenters. The van der Waals surface area contributed by atoms with Gasteiger partial charge in [-0.15, -0.1) is 0 Å². The molecule has 4 aromatic carbocycles. The van der Waals surface area contributed by atoms with Crippen LogP contribution in [0.2, 0.25) is 0 Å². The molecule has 37 heteroatoms. The molecule has 0 aliphatic rings. The molecular weight excluding hydrogens is 1630 g/mol. The summed E-state index contributed by atoms with van der Waals surface area (Å²) in [4.78, 5) is 237. The molecular formula is C88H128N16O20S. The van der Waals surface area contributed by atoms with Crippen LogP contribution in [-0.2, 0) is 101 Å². The quantitative estimate of drug-likeness (QED) is 0.0288. The Morgan fingerprint density at radius 1 is 0.416 bits per heavy atom. The molecule has 0 aliphatic heterocycles. The van der Waals surface area contributed by atoms with Crippen LogP contribution in [0.25, 0.3) is 11.1 Å². The van der Waals surface area contributed by atoms with Crippen LogP contribution in [0.4, 0.5) is 0 Å². The Morgan fingerprint density at radius 2 is 0.808 bits per heavy atom. The number of thioether (sulfide) groups is 1. The van der Waals surface area contributed by atoms with Crippen molar-refractivity contribution in [1.29, 1.82) is 0 Å². The number of amides is 15. The highest BCUT2D eigenvalue weighted by Gasteiger charge is 2.41. The number of rotatable bonds is 52. The first-order valence-electron chi connectivity index (χ1n) is 41.7. The van der Waals surface area contributed by atoms with Gasteiger partial charge in [0.25, 0.3) is 0 Å². The van der Waals surface area contributed by atoms with Crippen LogP contribution in [-0.4, -0.2) is 230 Å². The molecule has 15 amide bonds. The second kappa shape index (κ2) is 51.4. The number of carbonyl (C=O) groups is 17. The fourth-order valence-electron chi connectivity index (χ4n) is 13.2. The number of hydrogen-bond acceptors (Lipinski definition) is 21. The zero-order valence-corrected chi connectivity index (χ0v) is 74.8. The number of likely N-dealkylation sites (N-methyl/N-ethyl adjacent to an activating group) is 1. The summed E-state index contributed by atoms with van der Waals surface area (Å²) in [5, 5.41) is 62.1. The molecule has 36 nitrogen and oxygen atoms in total. The van der Waals surface area contributed by atoms with Crippen LogP contribution in [0.3, 0.4) is 0 Å². The number of aliphatic carboxylic acids is 1. The normalized spacial score (nSPS) is 14.9. The number of hydrogen-bond donors (Lipinski definition) is 18. The number of carboxylic acid groups (broad SMARTS) is 1. The van der Waals surface area contributed by atoms with Gasteiger partial charge >= 0.3 is 5.97 Å². The van der Waals surface area contributed by atoms with Gasteiger partial charge in [-0.3, -0.25) is 81.5 Å². The van der Waals surface area contributed by atoms with Crippen molar-refractivity contribution in [3.8, 4) is 16.9 Å². The number of nitrogens with zero attached hydrogens (tertiary/aromatic N) is 1. The van der Waals surface area contributed by atoms with Crippen molar-refractivity contribution < 1.29 is 96.8 Å². The van der Waals surface area contributed by atoms with E-state index in [4.69, 9.17) is 17.2 Å². The van der Waals surface area contributed by atoms with Crippen LogP contribution in [0.15, 0.2) is 103 Å². The third kappa shape index (κ3) is 35.7. The molecule has 4 rings (SSSR count). The van der Waals surface area contributed by atoms with E-state index < -0.39 is 216 Å². The molecule has 0 fully saturated rings. The number of ketones is 1. The van der Waals surface area contributed by atoms with Gasteiger partial charge in [-0.1, -0.05) is 173 Å². The molecule has 0 bridgehead atoms. The van der Waals surface area contributed by atoms with Gasteiger partial charge in [0.2, 0.25) is 88.6 Å². The fourth-order valence-corrected chi connectivity index (χ4v) is 14.1. The summed E-state index contributed by atoms with van der Waals surface area (Å²) in [6, 6.07) is 9.61. The number of nitrogens with two attached hydrogens (primary N) is 3. The molecule has 0 aliphatic carbocycles. The number of nitrogens with one attached hydrogen (secondary N) is 12. The summed E-state index contributed by atoms with van der Waals surface area (Å²) >= 11 is 1.03. The summed E-state index contributed by atoms with van der Waals surface area (Å²) in [5.74, 6) is -19.3. The van der Waals surface area contributed by atoms with Crippen molar-refractivity contribution in [3.05, 3.63) is 125 Å². The van der Waals surface area contributed by atoms with Crippen LogP contribution in [0.1, 0.15) is 151 Å². The zero-order chi connectivity index (χ0) is 94.0. The van der Waals surface area contributed by atoms with Crippen LogP contribution in [0.5, 0.6) is 5.75 Å². The number of Topliss-reactive ketones (excluding diaryl/α,β-unsaturated/α-hetero) is 1. The topological polar surface area (TPSA) is 577 Å². The van der Waals surface area contributed by atoms with Crippen molar-refractivity contribution in [2.24, 2.45) is 52.7 Å². The SMILES string of the molecule is CC(=O)CSC[C@H](NC(=O)[C@@H](NC(=O)[C@@H](NC(=O)[C@H](CC(C)C)NC(=O)[C@H](CCN)NC(=O)[C@@H](CC(C)C)NC(=O)[C@H](C)N(C)C(=O)[C@@H](NC(=O)[C@H](Cc1ccc(-c2ccccc2)cc1)NC(=O)[C@@H](NC(=O)[C@H](Cc1cccc(C)c1)NC(=O)[C@H](CC(=O)O)NC(=O)[C@H](Cc1ccc(O)cc1)NC(=O)[C@@H](C)CC(N)=O)C(C)C)C(C)C)C(C)C)[C@@H](C)O)C(N)=O. The van der Waals surface area contributed by atoms with E-state index in [1.807, 2.05) is 42.5 Å². The average Bonchev–Trinajstić information content (AvgIpc) is 0.834. The Balaban J connectivity index is 1.63. The van der Waals surface area contributed by atoms with E-state index in [9.17, 15) is 87.2 Å². The first kappa shape index (κ1) is 105. The third-order valence-electron chi connectivity index (χ3n) is 20.4. The number of phenols is 1. The fraction of sp³-hybridized carbons (Fsp3) is 0.534. The first-order valence-corrected chi connectivity index (χ1v) is 42.9. The van der Waals surface area contributed by atoms with Gasteiger partial charge in [0.15, 0.2) is 0 Å². The van der Waals surface area contributed by atoms with Crippen molar-refractivity contribution in [2.45, 2.75) is 240 Å². The third-order valence-corrected chi connectivity index (χ3v) is 21.6. The van der Waals surface area contributed by atoms with Gasteiger partial charge in [0.05, 0.1) is 18.3 Å². The number of primary amides is 2. The number of aryl methyl sites for hydroxylation is 1. The summed E-state index contributed by atoms with van der Waals surface area (Å²) in [5.41, 5.74) is 20.7. The predicted octanol–water partition coefficient (Wildman–Crippen LogP) is 0.644. The molecule has 0 saturated heterocycles. The molecule has 21 N–H and O–H groups in total. The maximum atomic E-state index is 15.2. The molecule has 0 aromatic heterocycles. The summed E-state index contributed by atoms with van der Waals surface area (Å²) < 4.78 is 0. The molecule has 0 spiro atoms. The lowest BCUT2D eigenvalue weighted by Gasteiger charge is -2.33. The molecule has 686 valence electrons. The summed E-state index contributed by atoms with van der Waals surface area (Å²) in [6.45, 7) is 23.6. The second-order valence-corrected chi connectivity index (χ2v) is 34.5. The Hall–Kier alpha value is -11.9. The predicted molar refractivity (Wildman–Crippen MR) is 469 cm³/mol. The van der Waals surface area contributed by atoms with Crippen LogP contribution >= 0.6 is 11.8 Å². The van der Waals surface area contributed by atoms with Gasteiger partial charge in [-0.05, 0) is 123 Å². The van der Waals surface area contributed by atoms with Crippen molar-refractivity contribution in [3.63, 3.8) is 0 Å². The zero-order valence-electron chi connectivity index (χ0n) is 74.0. The van der Waals surface area contributed by atoms with Gasteiger partial charge < -0.3 is 101 Å². The molecule has 4 aromatic rings. The molecule has 0 saturated carbocycles. The van der Waals surface area contributed by atoms with Crippen molar-refractivity contribution in [2.75, 3.05) is 25.1 Å². The van der Waals surface area contributed by atoms with E-state index in [1.165, 1.54) is 59.0 Å². The van der Waals surface area contributed by atoms with Gasteiger partial charge in [-0.25, -0.2) is 0 Å². The Bertz CT molecular complexity index is 4380. The number of aliphatic hydroxyl groups is 1. The summed E-state index contributed by atoms with van der Waals surface area (Å²) in [6.07, 6.45) is -3.88. The number of carbonyl (C=O) groups excluding carboxylic acids is 16. The van der Waals surface area contributed by atoms with Crippen molar-refractivity contribution >= 4 is 112 Å². The van der Waals surface area contributed by atoms with E-state index in [-0.39, 0.29) is 79.9 Å². The highest BCUT2D eigenvalue weighted by molar-refractivity contribution is 8.00. The molecule has 0 radical (unpaired) electrons. The lowest BCUT2D eigenvalue weighted by Crippen LogP contribution is -2.62. The monoisotopic (exact) mass is 1760 g/mol. The largest absolute Gasteiger partial charge is 0.508 e. The maximum absolute atomic E-state index is 15.2.